The summed E-state index contributed by atoms with van der Waals surface area (Å²) in [5, 5.41) is 0. The van der Waals surface area contributed by atoms with Gasteiger partial charge in [-0.05, 0) is 49.9 Å². The molecule has 0 saturated heterocycles. The van der Waals surface area contributed by atoms with Crippen LogP contribution in [-0.2, 0) is 0 Å². The highest BCUT2D eigenvalue weighted by Gasteiger charge is 2.16. The van der Waals surface area contributed by atoms with E-state index in [0.717, 1.165) is 11.2 Å². The molecule has 0 aliphatic rings. The molecule has 0 atom stereocenters. The van der Waals surface area contributed by atoms with Crippen LogP contribution in [0.3, 0.4) is 0 Å². The SMILES string of the molecule is Cc1c(C)c2oc1c(C)c2C. The summed E-state index contributed by atoms with van der Waals surface area (Å²) in [5.41, 5.74) is 7.42. The Morgan fingerprint density at radius 1 is 0.636 bits per heavy atom. The van der Waals surface area contributed by atoms with Crippen molar-refractivity contribution in [1.82, 2.24) is 0 Å². The standard InChI is InChI=1S/C10H12O/c1-5-6(2)10-8(4)7(3)9(5)11-10/h1-4H3. The highest BCUT2D eigenvalue weighted by molar-refractivity contribution is 5.79. The molecule has 2 aromatic rings. The molecule has 0 amide bonds. The van der Waals surface area contributed by atoms with Gasteiger partial charge in [-0.25, -0.2) is 0 Å². The van der Waals surface area contributed by atoms with Crippen molar-refractivity contribution in [3.05, 3.63) is 22.3 Å². The van der Waals surface area contributed by atoms with E-state index in [1.807, 2.05) is 0 Å². The minimum absolute atomic E-state index is 1.09. The van der Waals surface area contributed by atoms with Gasteiger partial charge in [-0.3, -0.25) is 0 Å². The second-order valence-electron chi connectivity index (χ2n) is 3.26. The molecule has 0 fully saturated rings. The first-order valence-electron chi connectivity index (χ1n) is 3.91. The zero-order valence-electron chi connectivity index (χ0n) is 7.41. The minimum atomic E-state index is 1.09. The fourth-order valence-corrected chi connectivity index (χ4v) is 1.65. The van der Waals surface area contributed by atoms with E-state index in [2.05, 4.69) is 27.7 Å². The first-order valence-corrected chi connectivity index (χ1v) is 3.91. The molecule has 11 heavy (non-hydrogen) atoms. The van der Waals surface area contributed by atoms with Crippen molar-refractivity contribution < 1.29 is 4.42 Å². The van der Waals surface area contributed by atoms with Gasteiger partial charge in [-0.1, -0.05) is 0 Å². The van der Waals surface area contributed by atoms with Gasteiger partial charge >= 0.3 is 0 Å². The zero-order chi connectivity index (χ0) is 8.17. The van der Waals surface area contributed by atoms with Gasteiger partial charge in [0, 0.05) is 0 Å². The molecule has 2 rings (SSSR count). The molecule has 1 heteroatoms. The molecule has 0 radical (unpaired) electrons. The molecule has 0 aliphatic carbocycles. The van der Waals surface area contributed by atoms with Crippen LogP contribution in [-0.4, -0.2) is 0 Å². The molecular weight excluding hydrogens is 136 g/mol. The summed E-state index contributed by atoms with van der Waals surface area (Å²) in [7, 11) is 0. The predicted molar refractivity (Wildman–Crippen MR) is 46.3 cm³/mol. The number of aryl methyl sites for hydroxylation is 4. The van der Waals surface area contributed by atoms with Gasteiger partial charge in [0.05, 0.1) is 0 Å². The fraction of sp³-hybridized carbons (Fsp3) is 0.400. The van der Waals surface area contributed by atoms with Crippen LogP contribution in [0.1, 0.15) is 22.3 Å². The molecule has 2 bridgehead atoms. The van der Waals surface area contributed by atoms with E-state index in [-0.39, 0.29) is 0 Å². The molecule has 0 unspecified atom stereocenters. The van der Waals surface area contributed by atoms with Crippen molar-refractivity contribution in [2.24, 2.45) is 0 Å². The maximum atomic E-state index is 5.61. The largest absolute Gasteiger partial charge is 0.456 e. The van der Waals surface area contributed by atoms with E-state index >= 15 is 0 Å². The van der Waals surface area contributed by atoms with Crippen LogP contribution in [0, 0.1) is 27.7 Å². The van der Waals surface area contributed by atoms with E-state index in [4.69, 9.17) is 4.42 Å². The summed E-state index contributed by atoms with van der Waals surface area (Å²) >= 11 is 0. The van der Waals surface area contributed by atoms with Crippen LogP contribution >= 0.6 is 0 Å². The van der Waals surface area contributed by atoms with Crippen LogP contribution in [0.4, 0.5) is 0 Å². The van der Waals surface area contributed by atoms with Crippen LogP contribution in [0.15, 0.2) is 4.42 Å². The Morgan fingerprint density at radius 2 is 0.909 bits per heavy atom. The second kappa shape index (κ2) is 1.79. The predicted octanol–water partition coefficient (Wildman–Crippen LogP) is 3.10. The van der Waals surface area contributed by atoms with Crippen molar-refractivity contribution >= 4 is 11.2 Å². The van der Waals surface area contributed by atoms with E-state index in [0.29, 0.717) is 0 Å². The molecular formula is C10H12O. The molecule has 2 heterocycles. The summed E-state index contributed by atoms with van der Waals surface area (Å²) in [6, 6.07) is 0. The third kappa shape index (κ3) is 0.609. The summed E-state index contributed by atoms with van der Waals surface area (Å²) in [5.74, 6) is 0. The highest BCUT2D eigenvalue weighted by Crippen LogP contribution is 2.34. The van der Waals surface area contributed by atoms with E-state index in [1.165, 1.54) is 22.3 Å². The third-order valence-electron chi connectivity index (χ3n) is 2.69. The average molecular weight is 148 g/mol. The van der Waals surface area contributed by atoms with Crippen LogP contribution in [0.25, 0.3) is 11.2 Å². The number of furan rings is 2. The summed E-state index contributed by atoms with van der Waals surface area (Å²) < 4.78 is 5.61. The van der Waals surface area contributed by atoms with Crippen molar-refractivity contribution in [3.63, 3.8) is 0 Å². The molecule has 0 saturated carbocycles. The average Bonchev–Trinajstić information content (AvgIpc) is 2.40. The summed E-state index contributed by atoms with van der Waals surface area (Å²) in [6.45, 7) is 8.47. The summed E-state index contributed by atoms with van der Waals surface area (Å²) in [4.78, 5) is 0. The molecule has 0 aliphatic heterocycles. The Kier molecular flexibility index (Phi) is 1.09. The normalized spacial score (nSPS) is 11.6. The Hall–Kier alpha value is -0.980. The zero-order valence-corrected chi connectivity index (χ0v) is 7.41. The Labute approximate surface area is 66.3 Å². The van der Waals surface area contributed by atoms with Crippen LogP contribution in [0.2, 0.25) is 0 Å². The Morgan fingerprint density at radius 3 is 1.09 bits per heavy atom. The molecule has 2 aromatic heterocycles. The van der Waals surface area contributed by atoms with Gasteiger partial charge in [-0.2, -0.15) is 0 Å². The molecule has 0 N–H and O–H groups in total. The first-order chi connectivity index (χ1) is 5.13. The molecule has 58 valence electrons. The van der Waals surface area contributed by atoms with E-state index < -0.39 is 0 Å². The van der Waals surface area contributed by atoms with Gasteiger partial charge in [0.2, 0.25) is 0 Å². The smallest absolute Gasteiger partial charge is 0.134 e. The van der Waals surface area contributed by atoms with Crippen molar-refractivity contribution in [2.75, 3.05) is 0 Å². The van der Waals surface area contributed by atoms with Gasteiger partial charge in [0.25, 0.3) is 0 Å². The Bertz CT molecular complexity index is 326. The number of fused-ring (bicyclic) bond motifs is 2. The van der Waals surface area contributed by atoms with Crippen molar-refractivity contribution in [1.29, 1.82) is 0 Å². The van der Waals surface area contributed by atoms with Crippen molar-refractivity contribution in [2.45, 2.75) is 27.7 Å². The lowest BCUT2D eigenvalue weighted by Crippen LogP contribution is -1.83. The van der Waals surface area contributed by atoms with Crippen LogP contribution in [0.5, 0.6) is 0 Å². The van der Waals surface area contributed by atoms with E-state index in [1.54, 1.807) is 0 Å². The summed E-state index contributed by atoms with van der Waals surface area (Å²) in [6.07, 6.45) is 0. The van der Waals surface area contributed by atoms with Crippen LogP contribution < -0.4 is 0 Å². The highest BCUT2D eigenvalue weighted by atomic mass is 16.3. The lowest BCUT2D eigenvalue weighted by molar-refractivity contribution is 0.670. The van der Waals surface area contributed by atoms with Gasteiger partial charge in [-0.15, -0.1) is 0 Å². The molecule has 1 nitrogen and oxygen atoms in total. The number of rotatable bonds is 0. The van der Waals surface area contributed by atoms with Gasteiger partial charge < -0.3 is 4.42 Å². The molecule has 0 spiro atoms. The second-order valence-corrected chi connectivity index (χ2v) is 3.26. The monoisotopic (exact) mass is 148 g/mol. The lowest BCUT2D eigenvalue weighted by atomic mass is 10.0. The lowest BCUT2D eigenvalue weighted by Gasteiger charge is -1.97. The first kappa shape index (κ1) is 6.71. The fourth-order valence-electron chi connectivity index (χ4n) is 1.65. The number of hydrogen-bond donors (Lipinski definition) is 0. The topological polar surface area (TPSA) is 13.1 Å². The number of benzene rings is 1. The maximum Gasteiger partial charge on any atom is 0.134 e. The third-order valence-corrected chi connectivity index (χ3v) is 2.69. The quantitative estimate of drug-likeness (QED) is 0.559. The van der Waals surface area contributed by atoms with Gasteiger partial charge in [0.15, 0.2) is 0 Å². The maximum absolute atomic E-state index is 5.61. The minimum Gasteiger partial charge on any atom is -0.456 e. The molecule has 0 aromatic carbocycles. The van der Waals surface area contributed by atoms with E-state index in [9.17, 15) is 0 Å². The van der Waals surface area contributed by atoms with Crippen molar-refractivity contribution in [3.8, 4) is 0 Å². The number of hydrogen-bond acceptors (Lipinski definition) is 1. The van der Waals surface area contributed by atoms with Gasteiger partial charge in [0.1, 0.15) is 11.2 Å². The Balaban J connectivity index is 2.98.